The Morgan fingerprint density at radius 1 is 1.11 bits per heavy atom. The summed E-state index contributed by atoms with van der Waals surface area (Å²) in [6, 6.07) is 11.0. The highest BCUT2D eigenvalue weighted by Gasteiger charge is 2.26. The minimum atomic E-state index is -3.60. The molecule has 0 aliphatic rings. The number of nitrogens with one attached hydrogen (secondary N) is 1. The molecule has 0 saturated heterocycles. The normalized spacial score (nSPS) is 12.1. The Kier molecular flexibility index (Phi) is 11.3. The molecule has 0 unspecified atom stereocenters. The number of hydrogen-bond donors (Lipinski definition) is 1. The molecule has 11 heteroatoms. The first-order valence-electron chi connectivity index (χ1n) is 11.6. The van der Waals surface area contributed by atoms with Gasteiger partial charge in [0.25, 0.3) is 0 Å². The van der Waals surface area contributed by atoms with E-state index in [1.54, 1.807) is 49.4 Å². The monoisotopic (exact) mass is 557 g/mol. The van der Waals surface area contributed by atoms with Crippen molar-refractivity contribution < 1.29 is 22.7 Å². The number of benzene rings is 2. The van der Waals surface area contributed by atoms with Crippen LogP contribution in [0.25, 0.3) is 0 Å². The van der Waals surface area contributed by atoms with Crippen molar-refractivity contribution in [2.45, 2.75) is 45.7 Å². The summed E-state index contributed by atoms with van der Waals surface area (Å²) >= 11 is 12.2. The standard InChI is InChI=1S/C25H33Cl2N3O5S/c1-5-13-28-25(32)18(2)29(17-19-11-12-22(26)23(27)15-19)24(31)10-7-14-30(36(4,33)34)20-8-6-9-21(16-20)35-3/h6,8-9,11-12,15-16,18H,5,7,10,13-14,17H2,1-4H3,(H,28,32)/t18-/m1/s1. The number of hydrogen-bond acceptors (Lipinski definition) is 5. The highest BCUT2D eigenvalue weighted by molar-refractivity contribution is 7.92. The van der Waals surface area contributed by atoms with Crippen molar-refractivity contribution in [3.05, 3.63) is 58.1 Å². The fraction of sp³-hybridized carbons (Fsp3) is 0.440. The van der Waals surface area contributed by atoms with Crippen molar-refractivity contribution in [1.82, 2.24) is 10.2 Å². The van der Waals surface area contributed by atoms with Gasteiger partial charge in [-0.05, 0) is 49.6 Å². The van der Waals surface area contributed by atoms with E-state index in [9.17, 15) is 18.0 Å². The zero-order valence-electron chi connectivity index (χ0n) is 21.0. The zero-order valence-corrected chi connectivity index (χ0v) is 23.3. The molecular weight excluding hydrogens is 525 g/mol. The highest BCUT2D eigenvalue weighted by Crippen LogP contribution is 2.25. The number of carbonyl (C=O) groups excluding carboxylic acids is 2. The predicted octanol–water partition coefficient (Wildman–Crippen LogP) is 4.49. The molecule has 0 spiro atoms. The summed E-state index contributed by atoms with van der Waals surface area (Å²) in [5.41, 5.74) is 1.17. The first-order chi connectivity index (χ1) is 17.0. The van der Waals surface area contributed by atoms with Crippen LogP contribution in [0.1, 0.15) is 38.7 Å². The molecule has 0 aromatic heterocycles. The summed E-state index contributed by atoms with van der Waals surface area (Å²) in [6.45, 7) is 4.36. The summed E-state index contributed by atoms with van der Waals surface area (Å²) < 4.78 is 31.3. The number of ether oxygens (including phenoxy) is 1. The Labute approximate surface area is 223 Å². The van der Waals surface area contributed by atoms with Crippen LogP contribution in [0.3, 0.4) is 0 Å². The van der Waals surface area contributed by atoms with Crippen molar-refractivity contribution in [3.8, 4) is 5.75 Å². The molecule has 8 nitrogen and oxygen atoms in total. The van der Waals surface area contributed by atoms with Crippen LogP contribution in [-0.2, 0) is 26.2 Å². The molecule has 0 fully saturated rings. The van der Waals surface area contributed by atoms with Gasteiger partial charge < -0.3 is 15.0 Å². The van der Waals surface area contributed by atoms with E-state index in [-0.39, 0.29) is 37.7 Å². The molecule has 0 saturated carbocycles. The van der Waals surface area contributed by atoms with Gasteiger partial charge in [-0.1, -0.05) is 42.3 Å². The van der Waals surface area contributed by atoms with Crippen molar-refractivity contribution in [2.24, 2.45) is 0 Å². The fourth-order valence-corrected chi connectivity index (χ4v) is 4.86. The Balaban J connectivity index is 2.19. The van der Waals surface area contributed by atoms with Gasteiger partial charge in [0.05, 0.1) is 29.1 Å². The van der Waals surface area contributed by atoms with Gasteiger partial charge in [0, 0.05) is 32.1 Å². The smallest absolute Gasteiger partial charge is 0.242 e. The van der Waals surface area contributed by atoms with E-state index in [1.165, 1.54) is 16.3 Å². The van der Waals surface area contributed by atoms with Gasteiger partial charge >= 0.3 is 0 Å². The minimum absolute atomic E-state index is 0.0444. The van der Waals surface area contributed by atoms with Crippen LogP contribution in [-0.4, -0.2) is 57.6 Å². The van der Waals surface area contributed by atoms with E-state index in [0.29, 0.717) is 28.0 Å². The van der Waals surface area contributed by atoms with Crippen molar-refractivity contribution in [3.63, 3.8) is 0 Å². The summed E-state index contributed by atoms with van der Waals surface area (Å²) in [6.07, 6.45) is 2.18. The van der Waals surface area contributed by atoms with Crippen LogP contribution in [0.5, 0.6) is 5.75 Å². The number of rotatable bonds is 13. The number of nitrogens with zero attached hydrogens (tertiary/aromatic N) is 2. The van der Waals surface area contributed by atoms with Crippen LogP contribution in [0, 0.1) is 0 Å². The topological polar surface area (TPSA) is 96.0 Å². The summed E-state index contributed by atoms with van der Waals surface area (Å²) in [7, 11) is -2.09. The SMILES string of the molecule is CCCNC(=O)[C@@H](C)N(Cc1ccc(Cl)c(Cl)c1)C(=O)CCCN(c1cccc(OC)c1)S(C)(=O)=O. The van der Waals surface area contributed by atoms with Crippen LogP contribution in [0.4, 0.5) is 5.69 Å². The van der Waals surface area contributed by atoms with Crippen LogP contribution >= 0.6 is 23.2 Å². The van der Waals surface area contributed by atoms with Gasteiger partial charge in [0.15, 0.2) is 0 Å². The van der Waals surface area contributed by atoms with Gasteiger partial charge in [-0.3, -0.25) is 13.9 Å². The Hall–Kier alpha value is -2.49. The average molecular weight is 559 g/mol. The highest BCUT2D eigenvalue weighted by atomic mass is 35.5. The summed E-state index contributed by atoms with van der Waals surface area (Å²) in [5, 5.41) is 3.57. The third-order valence-corrected chi connectivity index (χ3v) is 7.48. The lowest BCUT2D eigenvalue weighted by Gasteiger charge is -2.29. The molecular formula is C25H33Cl2N3O5S. The molecule has 1 atom stereocenters. The van der Waals surface area contributed by atoms with Crippen molar-refractivity contribution >= 4 is 50.7 Å². The van der Waals surface area contributed by atoms with E-state index < -0.39 is 16.1 Å². The van der Waals surface area contributed by atoms with E-state index in [2.05, 4.69) is 5.32 Å². The van der Waals surface area contributed by atoms with E-state index >= 15 is 0 Å². The second-order valence-electron chi connectivity index (χ2n) is 8.38. The first kappa shape index (κ1) is 29.7. The van der Waals surface area contributed by atoms with Gasteiger partial charge in [-0.2, -0.15) is 0 Å². The maximum Gasteiger partial charge on any atom is 0.242 e. The number of halogens is 2. The molecule has 0 bridgehead atoms. The second kappa shape index (κ2) is 13.7. The quantitative estimate of drug-likeness (QED) is 0.391. The zero-order chi connectivity index (χ0) is 26.9. The summed E-state index contributed by atoms with van der Waals surface area (Å²) in [4.78, 5) is 27.4. The number of anilines is 1. The molecule has 198 valence electrons. The van der Waals surface area contributed by atoms with E-state index in [1.807, 2.05) is 6.92 Å². The molecule has 36 heavy (non-hydrogen) atoms. The van der Waals surface area contributed by atoms with Gasteiger partial charge in [0.2, 0.25) is 21.8 Å². The van der Waals surface area contributed by atoms with Gasteiger partial charge in [-0.15, -0.1) is 0 Å². The Bertz CT molecular complexity index is 1160. The molecule has 2 aromatic rings. The van der Waals surface area contributed by atoms with Gasteiger partial charge in [0.1, 0.15) is 11.8 Å². The first-order valence-corrected chi connectivity index (χ1v) is 14.2. The maximum atomic E-state index is 13.3. The molecule has 1 N–H and O–H groups in total. The molecule has 0 heterocycles. The summed E-state index contributed by atoms with van der Waals surface area (Å²) in [5.74, 6) is -0.0179. The maximum absolute atomic E-state index is 13.3. The number of methoxy groups -OCH3 is 1. The third-order valence-electron chi connectivity index (χ3n) is 5.55. The largest absolute Gasteiger partial charge is 0.497 e. The number of sulfonamides is 1. The van der Waals surface area contributed by atoms with Crippen molar-refractivity contribution in [1.29, 1.82) is 0 Å². The number of amides is 2. The lowest BCUT2D eigenvalue weighted by molar-refractivity contribution is -0.140. The minimum Gasteiger partial charge on any atom is -0.497 e. The van der Waals surface area contributed by atoms with Crippen LogP contribution in [0.15, 0.2) is 42.5 Å². The second-order valence-corrected chi connectivity index (χ2v) is 11.1. The third kappa shape index (κ3) is 8.57. The van der Waals surface area contributed by atoms with Gasteiger partial charge in [-0.25, -0.2) is 8.42 Å². The molecule has 0 radical (unpaired) electrons. The lowest BCUT2D eigenvalue weighted by atomic mass is 10.1. The van der Waals surface area contributed by atoms with Crippen LogP contribution < -0.4 is 14.4 Å². The predicted molar refractivity (Wildman–Crippen MR) is 144 cm³/mol. The number of carbonyl (C=O) groups is 2. The van der Waals surface area contributed by atoms with E-state index in [4.69, 9.17) is 27.9 Å². The Morgan fingerprint density at radius 3 is 2.44 bits per heavy atom. The molecule has 2 rings (SSSR count). The lowest BCUT2D eigenvalue weighted by Crippen LogP contribution is -2.47. The molecule has 2 aromatic carbocycles. The molecule has 0 aliphatic carbocycles. The fourth-order valence-electron chi connectivity index (χ4n) is 3.58. The molecule has 2 amide bonds. The average Bonchev–Trinajstić information content (AvgIpc) is 2.84. The van der Waals surface area contributed by atoms with Crippen LogP contribution in [0.2, 0.25) is 10.0 Å². The van der Waals surface area contributed by atoms with E-state index in [0.717, 1.165) is 18.2 Å². The Morgan fingerprint density at radius 2 is 1.83 bits per heavy atom. The van der Waals surface area contributed by atoms with Crippen molar-refractivity contribution in [2.75, 3.05) is 30.8 Å². The molecule has 0 aliphatic heterocycles.